The zero-order chi connectivity index (χ0) is 17.7. The third-order valence-electron chi connectivity index (χ3n) is 3.33. The van der Waals surface area contributed by atoms with E-state index in [0.29, 0.717) is 33.6 Å². The summed E-state index contributed by atoms with van der Waals surface area (Å²) in [5.74, 6) is 0.193. The average Bonchev–Trinajstić information content (AvgIpc) is 3.00. The first-order chi connectivity index (χ1) is 11.4. The highest BCUT2D eigenvalue weighted by atomic mass is 35.5. The molecule has 1 aromatic heterocycles. The second-order valence-electron chi connectivity index (χ2n) is 5.12. The van der Waals surface area contributed by atoms with Crippen LogP contribution in [0, 0.1) is 11.3 Å². The van der Waals surface area contributed by atoms with E-state index >= 15 is 0 Å². The van der Waals surface area contributed by atoms with E-state index in [1.807, 2.05) is 13.0 Å². The summed E-state index contributed by atoms with van der Waals surface area (Å²) in [4.78, 5) is 11.9. The molecule has 0 aliphatic heterocycles. The molecule has 1 aromatic carbocycles. The first-order valence-electron chi connectivity index (χ1n) is 7.32. The van der Waals surface area contributed by atoms with Crippen LogP contribution in [0.1, 0.15) is 26.0 Å². The number of carbonyl (C=O) groups excluding carboxylic acids is 1. The van der Waals surface area contributed by atoms with Gasteiger partial charge in [-0.15, -0.1) is 0 Å². The molecule has 6 heteroatoms. The maximum Gasteiger partial charge on any atom is 0.349 e. The molecule has 124 valence electrons. The minimum absolute atomic E-state index is 0.126. The molecule has 0 saturated carbocycles. The van der Waals surface area contributed by atoms with E-state index in [0.717, 1.165) is 0 Å². The van der Waals surface area contributed by atoms with E-state index in [2.05, 4.69) is 0 Å². The molecule has 1 heterocycles. The quantitative estimate of drug-likeness (QED) is 0.399. The Morgan fingerprint density at radius 2 is 2.12 bits per heavy atom. The second kappa shape index (κ2) is 8.05. The Bertz CT molecular complexity index is 818. The van der Waals surface area contributed by atoms with Crippen molar-refractivity contribution in [3.63, 3.8) is 0 Å². The van der Waals surface area contributed by atoms with Crippen molar-refractivity contribution in [2.24, 2.45) is 0 Å². The number of benzene rings is 1. The van der Waals surface area contributed by atoms with Crippen molar-refractivity contribution >= 4 is 35.2 Å². The van der Waals surface area contributed by atoms with Gasteiger partial charge in [0.1, 0.15) is 23.2 Å². The van der Waals surface area contributed by atoms with Crippen molar-refractivity contribution < 1.29 is 13.9 Å². The predicted octanol–water partition coefficient (Wildman–Crippen LogP) is 5.50. The first kappa shape index (κ1) is 18.1. The van der Waals surface area contributed by atoms with Crippen LogP contribution in [0.3, 0.4) is 0 Å². The highest BCUT2D eigenvalue weighted by Crippen LogP contribution is 2.32. The molecule has 0 aliphatic carbocycles. The van der Waals surface area contributed by atoms with Crippen molar-refractivity contribution in [2.75, 3.05) is 0 Å². The fourth-order valence-corrected chi connectivity index (χ4v) is 2.37. The zero-order valence-electron chi connectivity index (χ0n) is 13.2. The van der Waals surface area contributed by atoms with Gasteiger partial charge in [-0.3, -0.25) is 0 Å². The van der Waals surface area contributed by atoms with Gasteiger partial charge < -0.3 is 9.15 Å². The first-order valence-corrected chi connectivity index (χ1v) is 8.08. The summed E-state index contributed by atoms with van der Waals surface area (Å²) in [7, 11) is 0. The van der Waals surface area contributed by atoms with Gasteiger partial charge in [0.2, 0.25) is 0 Å². The van der Waals surface area contributed by atoms with E-state index in [-0.39, 0.29) is 11.7 Å². The number of nitriles is 1. The summed E-state index contributed by atoms with van der Waals surface area (Å²) in [5.41, 5.74) is 0.541. The highest BCUT2D eigenvalue weighted by Gasteiger charge is 2.15. The molecule has 0 saturated heterocycles. The molecule has 1 unspecified atom stereocenters. The molecule has 0 fully saturated rings. The van der Waals surface area contributed by atoms with Gasteiger partial charge in [-0.05, 0) is 43.7 Å². The monoisotopic (exact) mass is 363 g/mol. The Balaban J connectivity index is 2.26. The minimum Gasteiger partial charge on any atom is -0.459 e. The third-order valence-corrected chi connectivity index (χ3v) is 3.88. The Kier molecular flexibility index (Phi) is 6.08. The van der Waals surface area contributed by atoms with Gasteiger partial charge in [0.05, 0.1) is 11.1 Å². The zero-order valence-corrected chi connectivity index (χ0v) is 14.7. The van der Waals surface area contributed by atoms with E-state index in [1.54, 1.807) is 37.3 Å². The van der Waals surface area contributed by atoms with E-state index < -0.39 is 5.97 Å². The lowest BCUT2D eigenvalue weighted by Crippen LogP contribution is -2.15. The van der Waals surface area contributed by atoms with E-state index in [9.17, 15) is 4.79 Å². The van der Waals surface area contributed by atoms with Crippen molar-refractivity contribution in [2.45, 2.75) is 26.4 Å². The lowest BCUT2D eigenvalue weighted by atomic mass is 10.2. The fourth-order valence-electron chi connectivity index (χ4n) is 1.87. The number of ether oxygens (including phenoxy) is 1. The lowest BCUT2D eigenvalue weighted by Gasteiger charge is -2.09. The van der Waals surface area contributed by atoms with Crippen molar-refractivity contribution in [3.8, 4) is 17.4 Å². The summed E-state index contributed by atoms with van der Waals surface area (Å²) in [6, 6.07) is 10.2. The average molecular weight is 364 g/mol. The molecular formula is C18H15Cl2NO3. The normalized spacial score (nSPS) is 12.5. The van der Waals surface area contributed by atoms with Crippen LogP contribution in [0.25, 0.3) is 17.4 Å². The molecule has 0 aliphatic rings. The SMILES string of the molecule is CCC(C)OC(=O)/C(C#N)=C\c1ccc(-c2ccc(Cl)cc2Cl)o1. The molecule has 0 spiro atoms. The fraction of sp³-hybridized carbons (Fsp3) is 0.222. The Labute approximate surface area is 150 Å². The summed E-state index contributed by atoms with van der Waals surface area (Å²) in [5, 5.41) is 10.1. The van der Waals surface area contributed by atoms with E-state index in [1.165, 1.54) is 6.08 Å². The van der Waals surface area contributed by atoms with Gasteiger partial charge >= 0.3 is 5.97 Å². The number of nitrogens with zero attached hydrogens (tertiary/aromatic N) is 1. The van der Waals surface area contributed by atoms with Gasteiger partial charge in [-0.25, -0.2) is 4.79 Å². The smallest absolute Gasteiger partial charge is 0.349 e. The summed E-state index contributed by atoms with van der Waals surface area (Å²) in [6.45, 7) is 3.66. The largest absolute Gasteiger partial charge is 0.459 e. The number of rotatable bonds is 5. The topological polar surface area (TPSA) is 63.2 Å². The molecule has 0 N–H and O–H groups in total. The van der Waals surface area contributed by atoms with Gasteiger partial charge in [-0.2, -0.15) is 5.26 Å². The van der Waals surface area contributed by atoms with Gasteiger partial charge in [0.25, 0.3) is 0 Å². The molecule has 0 bridgehead atoms. The number of hydrogen-bond donors (Lipinski definition) is 0. The maximum atomic E-state index is 11.9. The van der Waals surface area contributed by atoms with Crippen LogP contribution < -0.4 is 0 Å². The van der Waals surface area contributed by atoms with Gasteiger partial charge in [0, 0.05) is 16.7 Å². The number of hydrogen-bond acceptors (Lipinski definition) is 4. The second-order valence-corrected chi connectivity index (χ2v) is 5.96. The lowest BCUT2D eigenvalue weighted by molar-refractivity contribution is -0.142. The van der Waals surface area contributed by atoms with Crippen LogP contribution in [-0.2, 0) is 9.53 Å². The molecule has 4 nitrogen and oxygen atoms in total. The minimum atomic E-state index is -0.672. The highest BCUT2D eigenvalue weighted by molar-refractivity contribution is 6.36. The summed E-state index contributed by atoms with van der Waals surface area (Å²) >= 11 is 12.0. The molecule has 2 rings (SSSR count). The maximum absolute atomic E-state index is 11.9. The number of esters is 1. The Hall–Kier alpha value is -2.22. The van der Waals surface area contributed by atoms with Crippen molar-refractivity contribution in [1.82, 2.24) is 0 Å². The summed E-state index contributed by atoms with van der Waals surface area (Å²) in [6.07, 6.45) is 1.76. The van der Waals surface area contributed by atoms with Crippen molar-refractivity contribution in [3.05, 3.63) is 51.7 Å². The number of furan rings is 1. The van der Waals surface area contributed by atoms with Gasteiger partial charge in [-0.1, -0.05) is 30.1 Å². The van der Waals surface area contributed by atoms with Gasteiger partial charge in [0.15, 0.2) is 0 Å². The molecule has 1 atom stereocenters. The molecule has 24 heavy (non-hydrogen) atoms. The molecule has 2 aromatic rings. The third kappa shape index (κ3) is 4.41. The molecule has 0 radical (unpaired) electrons. The summed E-state index contributed by atoms with van der Waals surface area (Å²) < 4.78 is 10.8. The van der Waals surface area contributed by atoms with Crippen LogP contribution in [0.15, 0.2) is 40.3 Å². The standard InChI is InChI=1S/C18H15Cl2NO3/c1-3-11(2)23-18(22)12(10-21)8-14-5-7-17(24-14)15-6-4-13(19)9-16(15)20/h4-9,11H,3H2,1-2H3/b12-8-. The predicted molar refractivity (Wildman–Crippen MR) is 93.6 cm³/mol. The molecular weight excluding hydrogens is 349 g/mol. The van der Waals surface area contributed by atoms with Crippen molar-refractivity contribution in [1.29, 1.82) is 5.26 Å². The number of halogens is 2. The molecule has 0 amide bonds. The van der Waals surface area contributed by atoms with Crippen LogP contribution in [0.4, 0.5) is 0 Å². The van der Waals surface area contributed by atoms with Crippen LogP contribution in [-0.4, -0.2) is 12.1 Å². The Morgan fingerprint density at radius 3 is 2.75 bits per heavy atom. The van der Waals surface area contributed by atoms with Crippen LogP contribution in [0.2, 0.25) is 10.0 Å². The number of carbonyl (C=O) groups is 1. The van der Waals surface area contributed by atoms with Crippen LogP contribution >= 0.6 is 23.2 Å². The van der Waals surface area contributed by atoms with E-state index in [4.69, 9.17) is 37.6 Å². The van der Waals surface area contributed by atoms with Crippen LogP contribution in [0.5, 0.6) is 0 Å². The Morgan fingerprint density at radius 1 is 1.38 bits per heavy atom.